The van der Waals surface area contributed by atoms with E-state index >= 15 is 0 Å². The summed E-state index contributed by atoms with van der Waals surface area (Å²) in [6, 6.07) is 8.22. The molecule has 0 spiro atoms. The molecule has 5 heteroatoms. The van der Waals surface area contributed by atoms with E-state index in [4.69, 9.17) is 11.6 Å². The van der Waals surface area contributed by atoms with Crippen molar-refractivity contribution in [2.24, 2.45) is 0 Å². The summed E-state index contributed by atoms with van der Waals surface area (Å²) in [6.45, 7) is 1.60. The summed E-state index contributed by atoms with van der Waals surface area (Å²) in [6.07, 6.45) is 3.82. The molecule has 0 radical (unpaired) electrons. The molecule has 1 aliphatic carbocycles. The van der Waals surface area contributed by atoms with E-state index in [0.29, 0.717) is 19.0 Å². The maximum atomic E-state index is 12.2. The van der Waals surface area contributed by atoms with E-state index < -0.39 is 0 Å². The van der Waals surface area contributed by atoms with E-state index in [0.717, 1.165) is 36.4 Å². The second-order valence-corrected chi connectivity index (χ2v) is 5.52. The first-order chi connectivity index (χ1) is 9.20. The Morgan fingerprint density at radius 2 is 2.00 bits per heavy atom. The topological polar surface area (TPSA) is 32.3 Å². The molecule has 1 aliphatic rings. The monoisotopic (exact) mass is 316 g/mol. The minimum atomic E-state index is 0. The number of hydrogen-bond acceptors (Lipinski definition) is 2. The van der Waals surface area contributed by atoms with Crippen LogP contribution in [0.2, 0.25) is 5.02 Å². The molecule has 0 aromatic heterocycles. The fourth-order valence-corrected chi connectivity index (χ4v) is 2.28. The maximum Gasteiger partial charge on any atom is 0.223 e. The lowest BCUT2D eigenvalue weighted by molar-refractivity contribution is -0.132. The van der Waals surface area contributed by atoms with Crippen molar-refractivity contribution in [3.05, 3.63) is 34.9 Å². The lowest BCUT2D eigenvalue weighted by Crippen LogP contribution is -2.32. The molecule has 1 aromatic rings. The SMILES string of the molecule is CNCCCC(=O)N(Cc1ccc(Cl)cc1)C1CC1.Cl. The van der Waals surface area contributed by atoms with Crippen molar-refractivity contribution in [3.63, 3.8) is 0 Å². The van der Waals surface area contributed by atoms with Crippen LogP contribution in [0.3, 0.4) is 0 Å². The van der Waals surface area contributed by atoms with Gasteiger partial charge in [-0.1, -0.05) is 23.7 Å². The average molecular weight is 317 g/mol. The Morgan fingerprint density at radius 1 is 1.35 bits per heavy atom. The molecule has 3 nitrogen and oxygen atoms in total. The predicted molar refractivity (Wildman–Crippen MR) is 85.4 cm³/mol. The Bertz CT molecular complexity index is 418. The fourth-order valence-electron chi connectivity index (χ4n) is 2.15. The van der Waals surface area contributed by atoms with Crippen LogP contribution in [0.25, 0.3) is 0 Å². The van der Waals surface area contributed by atoms with E-state index in [9.17, 15) is 4.79 Å². The van der Waals surface area contributed by atoms with Crippen molar-refractivity contribution in [2.75, 3.05) is 13.6 Å². The van der Waals surface area contributed by atoms with Crippen molar-refractivity contribution < 1.29 is 4.79 Å². The Balaban J connectivity index is 0.00000200. The number of rotatable bonds is 7. The zero-order valence-corrected chi connectivity index (χ0v) is 13.3. The molecule has 1 N–H and O–H groups in total. The zero-order chi connectivity index (χ0) is 13.7. The molecule has 0 unspecified atom stereocenters. The molecule has 2 rings (SSSR count). The van der Waals surface area contributed by atoms with Gasteiger partial charge in [0.15, 0.2) is 0 Å². The van der Waals surface area contributed by atoms with Gasteiger partial charge >= 0.3 is 0 Å². The van der Waals surface area contributed by atoms with Crippen LogP contribution in [0.15, 0.2) is 24.3 Å². The third kappa shape index (κ3) is 5.31. The largest absolute Gasteiger partial charge is 0.335 e. The number of amides is 1. The van der Waals surface area contributed by atoms with Gasteiger partial charge in [0, 0.05) is 24.0 Å². The molecule has 0 aliphatic heterocycles. The van der Waals surface area contributed by atoms with E-state index in [1.54, 1.807) is 0 Å². The Morgan fingerprint density at radius 3 is 2.55 bits per heavy atom. The van der Waals surface area contributed by atoms with Crippen LogP contribution in [0.5, 0.6) is 0 Å². The minimum absolute atomic E-state index is 0. The predicted octanol–water partition coefficient (Wildman–Crippen LogP) is 3.25. The van der Waals surface area contributed by atoms with Gasteiger partial charge in [0.25, 0.3) is 0 Å². The van der Waals surface area contributed by atoms with Gasteiger partial charge in [0.05, 0.1) is 0 Å². The maximum absolute atomic E-state index is 12.2. The highest BCUT2D eigenvalue weighted by atomic mass is 35.5. The van der Waals surface area contributed by atoms with Crippen molar-refractivity contribution >= 4 is 29.9 Å². The van der Waals surface area contributed by atoms with Crippen LogP contribution in [0.1, 0.15) is 31.2 Å². The number of benzene rings is 1. The first-order valence-electron chi connectivity index (χ1n) is 6.89. The van der Waals surface area contributed by atoms with Crippen LogP contribution in [-0.4, -0.2) is 30.4 Å². The van der Waals surface area contributed by atoms with Gasteiger partial charge in [-0.15, -0.1) is 12.4 Å². The average Bonchev–Trinajstić information content (AvgIpc) is 3.22. The second-order valence-electron chi connectivity index (χ2n) is 5.09. The van der Waals surface area contributed by atoms with Gasteiger partial charge in [-0.2, -0.15) is 0 Å². The van der Waals surface area contributed by atoms with Gasteiger partial charge < -0.3 is 10.2 Å². The van der Waals surface area contributed by atoms with E-state index in [2.05, 4.69) is 5.32 Å². The van der Waals surface area contributed by atoms with Gasteiger partial charge in [-0.25, -0.2) is 0 Å². The van der Waals surface area contributed by atoms with Gasteiger partial charge in [0.1, 0.15) is 0 Å². The van der Waals surface area contributed by atoms with E-state index in [-0.39, 0.29) is 18.3 Å². The van der Waals surface area contributed by atoms with E-state index in [1.165, 1.54) is 0 Å². The number of nitrogens with one attached hydrogen (secondary N) is 1. The molecule has 1 aromatic carbocycles. The summed E-state index contributed by atoms with van der Waals surface area (Å²) >= 11 is 5.88. The number of hydrogen-bond donors (Lipinski definition) is 1. The summed E-state index contributed by atoms with van der Waals surface area (Å²) in [5, 5.41) is 3.82. The standard InChI is InChI=1S/C15H21ClN2O.ClH/c1-17-10-2-3-15(19)18(14-8-9-14)11-12-4-6-13(16)7-5-12;/h4-7,14,17H,2-3,8-11H2,1H3;1H. The van der Waals surface area contributed by atoms with Crippen LogP contribution in [0.4, 0.5) is 0 Å². The highest BCUT2D eigenvalue weighted by Crippen LogP contribution is 2.29. The molecular weight excluding hydrogens is 295 g/mol. The van der Waals surface area contributed by atoms with Gasteiger partial charge in [0.2, 0.25) is 5.91 Å². The van der Waals surface area contributed by atoms with Crippen molar-refractivity contribution in [1.82, 2.24) is 10.2 Å². The van der Waals surface area contributed by atoms with E-state index in [1.807, 2.05) is 36.2 Å². The lowest BCUT2D eigenvalue weighted by Gasteiger charge is -2.22. The lowest BCUT2D eigenvalue weighted by atomic mass is 10.2. The Labute approximate surface area is 132 Å². The van der Waals surface area contributed by atoms with Crippen molar-refractivity contribution in [2.45, 2.75) is 38.3 Å². The molecule has 0 heterocycles. The van der Waals surface area contributed by atoms with Crippen LogP contribution in [-0.2, 0) is 11.3 Å². The number of carbonyl (C=O) groups is 1. The van der Waals surface area contributed by atoms with Crippen molar-refractivity contribution in [1.29, 1.82) is 0 Å². The fraction of sp³-hybridized carbons (Fsp3) is 0.533. The number of nitrogens with zero attached hydrogens (tertiary/aromatic N) is 1. The molecule has 1 fully saturated rings. The van der Waals surface area contributed by atoms with Crippen LogP contribution in [0, 0.1) is 0 Å². The first kappa shape index (κ1) is 17.3. The third-order valence-corrected chi connectivity index (χ3v) is 3.64. The normalized spacial score (nSPS) is 13.7. The van der Waals surface area contributed by atoms with Gasteiger partial charge in [-0.05, 0) is 50.6 Å². The molecule has 20 heavy (non-hydrogen) atoms. The molecule has 1 amide bonds. The van der Waals surface area contributed by atoms with Gasteiger partial charge in [-0.3, -0.25) is 4.79 Å². The number of halogens is 2. The summed E-state index contributed by atoms with van der Waals surface area (Å²) in [5.41, 5.74) is 1.15. The molecule has 1 saturated carbocycles. The first-order valence-corrected chi connectivity index (χ1v) is 7.27. The number of carbonyl (C=O) groups excluding carboxylic acids is 1. The summed E-state index contributed by atoms with van der Waals surface area (Å²) in [7, 11) is 1.91. The Hall–Kier alpha value is -0.770. The van der Waals surface area contributed by atoms with Crippen molar-refractivity contribution in [3.8, 4) is 0 Å². The molecular formula is C15H22Cl2N2O. The van der Waals surface area contributed by atoms with Crippen LogP contribution < -0.4 is 5.32 Å². The quantitative estimate of drug-likeness (QED) is 0.783. The third-order valence-electron chi connectivity index (χ3n) is 3.39. The zero-order valence-electron chi connectivity index (χ0n) is 11.8. The summed E-state index contributed by atoms with van der Waals surface area (Å²) in [4.78, 5) is 14.3. The molecule has 0 atom stereocenters. The smallest absolute Gasteiger partial charge is 0.223 e. The minimum Gasteiger partial charge on any atom is -0.335 e. The molecule has 0 bridgehead atoms. The second kappa shape index (κ2) is 8.50. The Kier molecular flexibility index (Phi) is 7.35. The molecule has 0 saturated heterocycles. The summed E-state index contributed by atoms with van der Waals surface area (Å²) in [5.74, 6) is 0.271. The highest BCUT2D eigenvalue weighted by molar-refractivity contribution is 6.30. The van der Waals surface area contributed by atoms with Crippen LogP contribution >= 0.6 is 24.0 Å². The summed E-state index contributed by atoms with van der Waals surface area (Å²) < 4.78 is 0. The highest BCUT2D eigenvalue weighted by Gasteiger charge is 2.31. The molecule has 112 valence electrons.